The van der Waals surface area contributed by atoms with E-state index >= 15 is 0 Å². The van der Waals surface area contributed by atoms with Crippen molar-refractivity contribution in [1.82, 2.24) is 4.57 Å². The number of nitrogens with zero attached hydrogens (tertiary/aromatic N) is 1. The Bertz CT molecular complexity index is 393. The third kappa shape index (κ3) is 1.98. The minimum atomic E-state index is -4.55. The third-order valence-corrected chi connectivity index (χ3v) is 2.17. The van der Waals surface area contributed by atoms with Crippen LogP contribution in [0.3, 0.4) is 0 Å². The Balaban J connectivity index is 3.41. The summed E-state index contributed by atoms with van der Waals surface area (Å²) in [5.74, 6) is -0.981. The zero-order valence-corrected chi connectivity index (χ0v) is 8.47. The highest BCUT2D eigenvalue weighted by Crippen LogP contribution is 2.35. The van der Waals surface area contributed by atoms with Crippen LogP contribution in [0.5, 0.6) is 0 Å². The van der Waals surface area contributed by atoms with Crippen LogP contribution in [0.25, 0.3) is 0 Å². The molecule has 1 aromatic rings. The lowest BCUT2D eigenvalue weighted by molar-refractivity contribution is -0.138. The first-order chi connectivity index (χ1) is 6.79. The van der Waals surface area contributed by atoms with Crippen molar-refractivity contribution in [2.75, 3.05) is 7.11 Å². The van der Waals surface area contributed by atoms with E-state index in [0.717, 1.165) is 13.3 Å². The molecule has 0 aliphatic heterocycles. The number of aromatic nitrogens is 1. The van der Waals surface area contributed by atoms with E-state index in [4.69, 9.17) is 0 Å². The number of hydrogen-bond acceptors (Lipinski definition) is 2. The monoisotopic (exact) mass is 221 g/mol. The van der Waals surface area contributed by atoms with E-state index in [9.17, 15) is 18.0 Å². The Labute approximate surface area is 84.4 Å². The van der Waals surface area contributed by atoms with Gasteiger partial charge in [-0.2, -0.15) is 13.2 Å². The molecule has 1 aromatic heterocycles. The Morgan fingerprint density at radius 2 is 2.00 bits per heavy atom. The molecule has 0 saturated heterocycles. The normalized spacial score (nSPS) is 11.6. The summed E-state index contributed by atoms with van der Waals surface area (Å²) in [7, 11) is 2.49. The zero-order chi connectivity index (χ0) is 11.8. The molecule has 84 valence electrons. The first-order valence-electron chi connectivity index (χ1n) is 4.10. The van der Waals surface area contributed by atoms with E-state index in [-0.39, 0.29) is 5.69 Å². The fourth-order valence-electron chi connectivity index (χ4n) is 1.35. The summed E-state index contributed by atoms with van der Waals surface area (Å²) < 4.78 is 43.3. The van der Waals surface area contributed by atoms with Gasteiger partial charge in [0.15, 0.2) is 0 Å². The maximum absolute atomic E-state index is 12.6. The summed E-state index contributed by atoms with van der Waals surface area (Å²) in [5.41, 5.74) is -1.40. The van der Waals surface area contributed by atoms with Crippen molar-refractivity contribution < 1.29 is 22.7 Å². The average molecular weight is 221 g/mol. The molecular formula is C9H10F3NO2. The van der Waals surface area contributed by atoms with Gasteiger partial charge in [0.1, 0.15) is 0 Å². The van der Waals surface area contributed by atoms with E-state index in [2.05, 4.69) is 4.74 Å². The summed E-state index contributed by atoms with van der Waals surface area (Å²) in [5, 5.41) is 0. The Hall–Kier alpha value is -1.46. The van der Waals surface area contributed by atoms with E-state index in [1.807, 2.05) is 0 Å². The van der Waals surface area contributed by atoms with Crippen LogP contribution in [0.15, 0.2) is 6.20 Å². The number of methoxy groups -OCH3 is 1. The van der Waals surface area contributed by atoms with Gasteiger partial charge in [0, 0.05) is 18.9 Å². The van der Waals surface area contributed by atoms with Gasteiger partial charge in [-0.3, -0.25) is 0 Å². The molecule has 0 saturated carbocycles. The first kappa shape index (κ1) is 11.6. The predicted octanol–water partition coefficient (Wildman–Crippen LogP) is 2.14. The van der Waals surface area contributed by atoms with Crippen LogP contribution in [0.4, 0.5) is 13.2 Å². The predicted molar refractivity (Wildman–Crippen MR) is 46.5 cm³/mol. The van der Waals surface area contributed by atoms with E-state index in [1.54, 1.807) is 0 Å². The maximum atomic E-state index is 12.6. The van der Waals surface area contributed by atoms with Crippen molar-refractivity contribution in [3.63, 3.8) is 0 Å². The second-order valence-electron chi connectivity index (χ2n) is 3.10. The number of aryl methyl sites for hydroxylation is 1. The van der Waals surface area contributed by atoms with Gasteiger partial charge in [-0.25, -0.2) is 4.79 Å². The summed E-state index contributed by atoms with van der Waals surface area (Å²) >= 11 is 0. The lowest BCUT2D eigenvalue weighted by Crippen LogP contribution is -2.13. The van der Waals surface area contributed by atoms with Crippen molar-refractivity contribution in [3.05, 3.63) is 23.0 Å². The van der Waals surface area contributed by atoms with E-state index in [1.165, 1.54) is 18.5 Å². The van der Waals surface area contributed by atoms with Gasteiger partial charge in [-0.05, 0) is 6.92 Å². The number of hydrogen-bond donors (Lipinski definition) is 0. The second kappa shape index (κ2) is 3.60. The molecule has 0 unspecified atom stereocenters. The van der Waals surface area contributed by atoms with Crippen LogP contribution < -0.4 is 0 Å². The quantitative estimate of drug-likeness (QED) is 0.680. The number of carbonyl (C=O) groups is 1. The lowest BCUT2D eigenvalue weighted by atomic mass is 10.1. The van der Waals surface area contributed by atoms with Crippen LogP contribution in [-0.2, 0) is 18.0 Å². The standard InChI is InChI=1S/C9H10F3NO2/c1-5-7(9(10,11)12)6(4-13(5)2)8(14)15-3/h4H,1-3H3. The SMILES string of the molecule is COC(=O)c1cn(C)c(C)c1C(F)(F)F. The number of carbonyl (C=O) groups excluding carboxylic acids is 1. The largest absolute Gasteiger partial charge is 0.465 e. The van der Waals surface area contributed by atoms with Crippen LogP contribution in [0, 0.1) is 6.92 Å². The minimum Gasteiger partial charge on any atom is -0.465 e. The van der Waals surface area contributed by atoms with Crippen molar-refractivity contribution in [2.24, 2.45) is 7.05 Å². The van der Waals surface area contributed by atoms with Gasteiger partial charge < -0.3 is 9.30 Å². The molecule has 0 amide bonds. The molecule has 15 heavy (non-hydrogen) atoms. The molecule has 0 aromatic carbocycles. The highest BCUT2D eigenvalue weighted by molar-refractivity contribution is 5.91. The summed E-state index contributed by atoms with van der Waals surface area (Å²) in [6.45, 7) is 1.30. The first-order valence-corrected chi connectivity index (χ1v) is 4.10. The fourth-order valence-corrected chi connectivity index (χ4v) is 1.35. The molecular weight excluding hydrogens is 211 g/mol. The van der Waals surface area contributed by atoms with Crippen LogP contribution in [-0.4, -0.2) is 17.6 Å². The van der Waals surface area contributed by atoms with Gasteiger partial charge in [-0.15, -0.1) is 0 Å². The topological polar surface area (TPSA) is 31.2 Å². The molecule has 0 bridgehead atoms. The fraction of sp³-hybridized carbons (Fsp3) is 0.444. The smallest absolute Gasteiger partial charge is 0.418 e. The van der Waals surface area contributed by atoms with Gasteiger partial charge in [0.2, 0.25) is 0 Å². The van der Waals surface area contributed by atoms with Crippen molar-refractivity contribution >= 4 is 5.97 Å². The van der Waals surface area contributed by atoms with Gasteiger partial charge in [0.05, 0.1) is 18.2 Å². The van der Waals surface area contributed by atoms with Gasteiger partial charge in [-0.1, -0.05) is 0 Å². The Morgan fingerprint density at radius 1 is 1.47 bits per heavy atom. The van der Waals surface area contributed by atoms with Crippen LogP contribution in [0.2, 0.25) is 0 Å². The Kier molecular flexibility index (Phi) is 2.79. The molecule has 0 N–H and O–H groups in total. The molecule has 0 spiro atoms. The summed E-state index contributed by atoms with van der Waals surface area (Å²) in [6.07, 6.45) is -3.43. The number of rotatable bonds is 1. The van der Waals surface area contributed by atoms with Crippen molar-refractivity contribution in [3.8, 4) is 0 Å². The molecule has 6 heteroatoms. The van der Waals surface area contributed by atoms with Gasteiger partial charge >= 0.3 is 12.1 Å². The Morgan fingerprint density at radius 3 is 2.40 bits per heavy atom. The summed E-state index contributed by atoms with van der Waals surface area (Å²) in [6, 6.07) is 0. The summed E-state index contributed by atoms with van der Waals surface area (Å²) in [4.78, 5) is 11.1. The molecule has 0 radical (unpaired) electrons. The minimum absolute atomic E-state index is 0.0112. The molecule has 0 atom stereocenters. The molecule has 0 aliphatic carbocycles. The molecule has 1 heterocycles. The highest BCUT2D eigenvalue weighted by Gasteiger charge is 2.39. The third-order valence-electron chi connectivity index (χ3n) is 2.17. The molecule has 3 nitrogen and oxygen atoms in total. The second-order valence-corrected chi connectivity index (χ2v) is 3.10. The average Bonchev–Trinajstić information content (AvgIpc) is 2.41. The maximum Gasteiger partial charge on any atom is 0.418 e. The van der Waals surface area contributed by atoms with E-state index in [0.29, 0.717) is 0 Å². The number of ether oxygens (including phenoxy) is 1. The number of esters is 1. The van der Waals surface area contributed by atoms with Gasteiger partial charge in [0.25, 0.3) is 0 Å². The number of halogens is 3. The molecule has 1 rings (SSSR count). The van der Waals surface area contributed by atoms with E-state index < -0.39 is 23.3 Å². The molecule has 0 aliphatic rings. The zero-order valence-electron chi connectivity index (χ0n) is 8.47. The highest BCUT2D eigenvalue weighted by atomic mass is 19.4. The lowest BCUT2D eigenvalue weighted by Gasteiger charge is -2.08. The van der Waals surface area contributed by atoms with Crippen LogP contribution in [0.1, 0.15) is 21.6 Å². The van der Waals surface area contributed by atoms with Crippen molar-refractivity contribution in [1.29, 1.82) is 0 Å². The van der Waals surface area contributed by atoms with Crippen molar-refractivity contribution in [2.45, 2.75) is 13.1 Å². The number of alkyl halides is 3. The molecule has 0 fully saturated rings. The van der Waals surface area contributed by atoms with Crippen LogP contribution >= 0.6 is 0 Å².